The summed E-state index contributed by atoms with van der Waals surface area (Å²) in [4.78, 5) is 0. The largest absolute Gasteiger partial charge is 0.390 e. The van der Waals surface area contributed by atoms with E-state index < -0.39 is 5.60 Å². The summed E-state index contributed by atoms with van der Waals surface area (Å²) in [5.41, 5.74) is 0.382. The fourth-order valence-electron chi connectivity index (χ4n) is 1.13. The molecular weight excluding hydrogens is 251 g/mol. The van der Waals surface area contributed by atoms with Crippen LogP contribution in [0.15, 0.2) is 22.7 Å². The average Bonchev–Trinajstić information content (AvgIpc) is 1.93. The summed E-state index contributed by atoms with van der Waals surface area (Å²) < 4.78 is 0.946. The molecule has 0 saturated heterocycles. The Labute approximate surface area is 91.9 Å². The molecule has 0 aliphatic heterocycles. The standard InChI is InChI=1S/C10H12BrClO/c1-10(2,13)6-7-3-4-8(12)5-9(7)11/h3-5,13H,6H2,1-2H3. The summed E-state index contributed by atoms with van der Waals surface area (Å²) >= 11 is 9.20. The van der Waals surface area contributed by atoms with E-state index >= 15 is 0 Å². The molecule has 1 rings (SSSR count). The predicted octanol–water partition coefficient (Wildman–Crippen LogP) is 3.42. The first-order valence-electron chi connectivity index (χ1n) is 4.05. The molecule has 0 heterocycles. The minimum atomic E-state index is -0.684. The average molecular weight is 264 g/mol. The van der Waals surface area contributed by atoms with Crippen molar-refractivity contribution in [3.63, 3.8) is 0 Å². The van der Waals surface area contributed by atoms with Gasteiger partial charge in [0.2, 0.25) is 0 Å². The van der Waals surface area contributed by atoms with Gasteiger partial charge in [-0.3, -0.25) is 0 Å². The van der Waals surface area contributed by atoms with Gasteiger partial charge in [-0.15, -0.1) is 0 Å². The Kier molecular flexibility index (Phi) is 3.38. The lowest BCUT2D eigenvalue weighted by atomic mass is 9.99. The van der Waals surface area contributed by atoms with Gasteiger partial charge >= 0.3 is 0 Å². The highest BCUT2D eigenvalue weighted by atomic mass is 79.9. The first-order valence-corrected chi connectivity index (χ1v) is 5.22. The van der Waals surface area contributed by atoms with Crippen LogP contribution in [0.3, 0.4) is 0 Å². The minimum Gasteiger partial charge on any atom is -0.390 e. The maximum atomic E-state index is 9.61. The van der Waals surface area contributed by atoms with E-state index in [1.54, 1.807) is 13.8 Å². The molecule has 0 bridgehead atoms. The Bertz CT molecular complexity index is 304. The van der Waals surface area contributed by atoms with E-state index in [0.29, 0.717) is 11.4 Å². The van der Waals surface area contributed by atoms with E-state index in [0.717, 1.165) is 10.0 Å². The molecule has 72 valence electrons. The zero-order valence-corrected chi connectivity index (χ0v) is 9.98. The maximum Gasteiger partial charge on any atom is 0.0632 e. The molecule has 0 radical (unpaired) electrons. The number of hydrogen-bond acceptors (Lipinski definition) is 1. The van der Waals surface area contributed by atoms with Crippen molar-refractivity contribution in [2.24, 2.45) is 0 Å². The molecule has 0 aromatic heterocycles. The van der Waals surface area contributed by atoms with Crippen molar-refractivity contribution >= 4 is 27.5 Å². The molecule has 0 spiro atoms. The molecule has 1 aromatic carbocycles. The topological polar surface area (TPSA) is 20.2 Å². The van der Waals surface area contributed by atoms with E-state index in [1.807, 2.05) is 18.2 Å². The molecule has 1 aromatic rings. The van der Waals surface area contributed by atoms with Crippen LogP contribution in [0.25, 0.3) is 0 Å². The Balaban J connectivity index is 2.90. The number of rotatable bonds is 2. The van der Waals surface area contributed by atoms with E-state index in [1.165, 1.54) is 0 Å². The zero-order valence-electron chi connectivity index (χ0n) is 7.64. The van der Waals surface area contributed by atoms with Crippen LogP contribution in [0.2, 0.25) is 5.02 Å². The lowest BCUT2D eigenvalue weighted by molar-refractivity contribution is 0.0808. The summed E-state index contributed by atoms with van der Waals surface area (Å²) in [6.07, 6.45) is 0.616. The Morgan fingerprint density at radius 2 is 2.08 bits per heavy atom. The summed E-state index contributed by atoms with van der Waals surface area (Å²) in [5, 5.41) is 10.3. The minimum absolute atomic E-state index is 0.616. The van der Waals surface area contributed by atoms with Gasteiger partial charge in [0.25, 0.3) is 0 Å². The highest BCUT2D eigenvalue weighted by Crippen LogP contribution is 2.24. The van der Waals surface area contributed by atoms with Crippen LogP contribution in [0.4, 0.5) is 0 Å². The number of halogens is 2. The van der Waals surface area contributed by atoms with Crippen molar-refractivity contribution in [2.45, 2.75) is 25.9 Å². The van der Waals surface area contributed by atoms with Crippen LogP contribution < -0.4 is 0 Å². The number of aliphatic hydroxyl groups is 1. The first-order chi connectivity index (χ1) is 5.88. The van der Waals surface area contributed by atoms with Gasteiger partial charge in [0.05, 0.1) is 5.60 Å². The lowest BCUT2D eigenvalue weighted by Crippen LogP contribution is -2.21. The molecule has 0 saturated carbocycles. The van der Waals surface area contributed by atoms with Gasteiger partial charge in [0, 0.05) is 15.9 Å². The molecule has 0 amide bonds. The fourth-order valence-corrected chi connectivity index (χ4v) is 1.95. The van der Waals surface area contributed by atoms with Crippen molar-refractivity contribution in [1.29, 1.82) is 0 Å². The van der Waals surface area contributed by atoms with Crippen molar-refractivity contribution in [2.75, 3.05) is 0 Å². The van der Waals surface area contributed by atoms with Crippen molar-refractivity contribution in [3.05, 3.63) is 33.3 Å². The number of benzene rings is 1. The summed E-state index contributed by atoms with van der Waals surface area (Å²) in [7, 11) is 0. The van der Waals surface area contributed by atoms with Crippen LogP contribution in [0.1, 0.15) is 19.4 Å². The molecule has 1 nitrogen and oxygen atoms in total. The summed E-state index contributed by atoms with van der Waals surface area (Å²) in [5.74, 6) is 0. The lowest BCUT2D eigenvalue weighted by Gasteiger charge is -2.17. The number of hydrogen-bond donors (Lipinski definition) is 1. The van der Waals surface area contributed by atoms with Crippen LogP contribution >= 0.6 is 27.5 Å². The van der Waals surface area contributed by atoms with E-state index in [4.69, 9.17) is 11.6 Å². The second-order valence-corrected chi connectivity index (χ2v) is 5.02. The van der Waals surface area contributed by atoms with Gasteiger partial charge < -0.3 is 5.11 Å². The molecular formula is C10H12BrClO. The van der Waals surface area contributed by atoms with Gasteiger partial charge in [0.1, 0.15) is 0 Å². The molecule has 0 aliphatic rings. The SMILES string of the molecule is CC(C)(O)Cc1ccc(Cl)cc1Br. The van der Waals surface area contributed by atoms with Crippen molar-refractivity contribution < 1.29 is 5.11 Å². The summed E-state index contributed by atoms with van der Waals surface area (Å²) in [6.45, 7) is 3.57. The summed E-state index contributed by atoms with van der Waals surface area (Å²) in [6, 6.07) is 5.58. The molecule has 3 heteroatoms. The zero-order chi connectivity index (χ0) is 10.1. The third-order valence-electron chi connectivity index (χ3n) is 1.64. The van der Waals surface area contributed by atoms with Crippen molar-refractivity contribution in [1.82, 2.24) is 0 Å². The van der Waals surface area contributed by atoms with Crippen LogP contribution in [-0.4, -0.2) is 10.7 Å². The quantitative estimate of drug-likeness (QED) is 0.867. The van der Waals surface area contributed by atoms with Crippen molar-refractivity contribution in [3.8, 4) is 0 Å². The van der Waals surface area contributed by atoms with Gasteiger partial charge in [0.15, 0.2) is 0 Å². The van der Waals surface area contributed by atoms with Crippen LogP contribution in [0.5, 0.6) is 0 Å². The van der Waals surface area contributed by atoms with E-state index in [2.05, 4.69) is 15.9 Å². The van der Waals surface area contributed by atoms with Gasteiger partial charge in [-0.1, -0.05) is 33.6 Å². The monoisotopic (exact) mass is 262 g/mol. The molecule has 0 unspecified atom stereocenters. The molecule has 0 fully saturated rings. The van der Waals surface area contributed by atoms with Crippen LogP contribution in [-0.2, 0) is 6.42 Å². The highest BCUT2D eigenvalue weighted by Gasteiger charge is 2.15. The molecule has 13 heavy (non-hydrogen) atoms. The Morgan fingerprint density at radius 1 is 1.46 bits per heavy atom. The Hall–Kier alpha value is -0.0500. The van der Waals surface area contributed by atoms with Gasteiger partial charge in [-0.25, -0.2) is 0 Å². The molecule has 1 N–H and O–H groups in total. The second kappa shape index (κ2) is 3.99. The normalized spacial score (nSPS) is 11.8. The third-order valence-corrected chi connectivity index (χ3v) is 2.61. The smallest absolute Gasteiger partial charge is 0.0632 e. The van der Waals surface area contributed by atoms with Gasteiger partial charge in [-0.05, 0) is 31.5 Å². The van der Waals surface area contributed by atoms with Gasteiger partial charge in [-0.2, -0.15) is 0 Å². The second-order valence-electron chi connectivity index (χ2n) is 3.72. The third kappa shape index (κ3) is 3.67. The Morgan fingerprint density at radius 3 is 2.54 bits per heavy atom. The maximum absolute atomic E-state index is 9.61. The van der Waals surface area contributed by atoms with Crippen LogP contribution in [0, 0.1) is 0 Å². The van der Waals surface area contributed by atoms with E-state index in [-0.39, 0.29) is 0 Å². The van der Waals surface area contributed by atoms with E-state index in [9.17, 15) is 5.11 Å². The highest BCUT2D eigenvalue weighted by molar-refractivity contribution is 9.10. The molecule has 0 atom stereocenters. The predicted molar refractivity (Wildman–Crippen MR) is 59.2 cm³/mol. The first kappa shape index (κ1) is 11.0. The molecule has 0 aliphatic carbocycles. The fraction of sp³-hybridized carbons (Fsp3) is 0.400.